The number of nitrogens with zero attached hydrogens (tertiary/aromatic N) is 1. The molecule has 146 valence electrons. The van der Waals surface area contributed by atoms with Crippen molar-refractivity contribution in [1.82, 2.24) is 4.98 Å². The van der Waals surface area contributed by atoms with Crippen LogP contribution in [0.4, 0.5) is 0 Å². The molecule has 9 heteroatoms. The Labute approximate surface area is 154 Å². The van der Waals surface area contributed by atoms with Crippen LogP contribution in [0.1, 0.15) is 17.4 Å². The molecule has 2 aliphatic rings. The van der Waals surface area contributed by atoms with Crippen LogP contribution in [0.5, 0.6) is 0 Å². The molecule has 0 saturated carbocycles. The Balaban J connectivity index is 1.68. The van der Waals surface area contributed by atoms with Crippen LogP contribution >= 0.6 is 0 Å². The van der Waals surface area contributed by atoms with Crippen LogP contribution in [-0.2, 0) is 20.4 Å². The lowest BCUT2D eigenvalue weighted by Gasteiger charge is -2.36. The maximum absolute atomic E-state index is 10.6. The molecule has 1 aromatic rings. The van der Waals surface area contributed by atoms with Crippen molar-refractivity contribution in [2.45, 2.75) is 49.0 Å². The molecular weight excluding hydrogens is 362 g/mol. The van der Waals surface area contributed by atoms with Crippen LogP contribution in [0, 0.1) is 6.92 Å². The van der Waals surface area contributed by atoms with Crippen molar-refractivity contribution in [3.05, 3.63) is 29.6 Å². The molecule has 0 aromatic carbocycles. The second-order valence-corrected chi connectivity index (χ2v) is 9.13. The lowest BCUT2D eigenvalue weighted by atomic mass is 10.1. The maximum Gasteiger partial charge on any atom is 0.184 e. The number of aliphatic hydroxyl groups is 5. The van der Waals surface area contributed by atoms with E-state index in [-0.39, 0.29) is 19.0 Å². The molecule has 26 heavy (non-hydrogen) atoms. The van der Waals surface area contributed by atoms with E-state index in [0.717, 1.165) is 11.1 Å². The second kappa shape index (κ2) is 8.49. The SMILES string of the molecule is Cc1cnccc1C1OC[C@@H](O)[C@@H]([C@H](O)C[S+]2C[C@@H](O)[C@H](O)[C@H]2CO)O1. The van der Waals surface area contributed by atoms with Gasteiger partial charge in [0.1, 0.15) is 42.0 Å². The van der Waals surface area contributed by atoms with Crippen LogP contribution in [0.3, 0.4) is 0 Å². The molecule has 5 N–H and O–H groups in total. The number of aryl methyl sites for hydroxylation is 1. The zero-order valence-electron chi connectivity index (χ0n) is 14.5. The van der Waals surface area contributed by atoms with Crippen molar-refractivity contribution < 1.29 is 35.0 Å². The van der Waals surface area contributed by atoms with Crippen molar-refractivity contribution in [3.8, 4) is 0 Å². The highest BCUT2D eigenvalue weighted by molar-refractivity contribution is 7.97. The standard InChI is InChI=1S/C17H26NO7S/c1-9-4-18-3-2-10(9)17-24-6-11(20)16(25-17)13(22)8-26-7-12(21)15(23)14(26)5-19/h2-4,11-17,19-23H,5-8H2,1H3/q+1/t11-,12-,13-,14-,15+,16+,17?,26?/m1/s1. The Bertz CT molecular complexity index is 606. The molecule has 8 atom stereocenters. The summed E-state index contributed by atoms with van der Waals surface area (Å²) in [5.41, 5.74) is 1.66. The number of aromatic nitrogens is 1. The van der Waals surface area contributed by atoms with Gasteiger partial charge in [0, 0.05) is 28.9 Å². The highest BCUT2D eigenvalue weighted by Gasteiger charge is 2.51. The minimum Gasteiger partial charge on any atom is -0.391 e. The summed E-state index contributed by atoms with van der Waals surface area (Å²) < 4.78 is 11.4. The van der Waals surface area contributed by atoms with Crippen LogP contribution in [0.15, 0.2) is 18.5 Å². The van der Waals surface area contributed by atoms with Gasteiger partial charge >= 0.3 is 0 Å². The van der Waals surface area contributed by atoms with E-state index in [2.05, 4.69) is 4.98 Å². The predicted octanol–water partition coefficient (Wildman–Crippen LogP) is -1.76. The molecule has 0 aliphatic carbocycles. The Hall–Kier alpha value is -0.780. The molecule has 0 spiro atoms. The molecule has 2 fully saturated rings. The molecule has 3 heterocycles. The highest BCUT2D eigenvalue weighted by atomic mass is 32.2. The Morgan fingerprint density at radius 1 is 1.31 bits per heavy atom. The van der Waals surface area contributed by atoms with E-state index in [1.165, 1.54) is 0 Å². The third kappa shape index (κ3) is 4.05. The van der Waals surface area contributed by atoms with Gasteiger partial charge in [-0.05, 0) is 18.6 Å². The molecule has 2 saturated heterocycles. The topological polar surface area (TPSA) is 132 Å². The van der Waals surface area contributed by atoms with Crippen LogP contribution in [-0.4, -0.2) is 91.0 Å². The van der Waals surface area contributed by atoms with Gasteiger partial charge in [-0.3, -0.25) is 4.98 Å². The number of aliphatic hydroxyl groups excluding tert-OH is 5. The predicted molar refractivity (Wildman–Crippen MR) is 94.5 cm³/mol. The second-order valence-electron chi connectivity index (χ2n) is 6.78. The first kappa shape index (κ1) is 20.0. The van der Waals surface area contributed by atoms with Gasteiger partial charge in [-0.25, -0.2) is 0 Å². The average molecular weight is 388 g/mol. The summed E-state index contributed by atoms with van der Waals surface area (Å²) in [6.45, 7) is 1.64. The van der Waals surface area contributed by atoms with Crippen LogP contribution in [0.25, 0.3) is 0 Å². The Kier molecular flexibility index (Phi) is 6.52. The smallest absolute Gasteiger partial charge is 0.184 e. The van der Waals surface area contributed by atoms with Crippen LogP contribution in [0.2, 0.25) is 0 Å². The van der Waals surface area contributed by atoms with E-state index in [1.54, 1.807) is 18.5 Å². The third-order valence-electron chi connectivity index (χ3n) is 4.93. The fourth-order valence-electron chi connectivity index (χ4n) is 3.42. The largest absolute Gasteiger partial charge is 0.391 e. The van der Waals surface area contributed by atoms with Gasteiger partial charge in [-0.15, -0.1) is 0 Å². The Morgan fingerprint density at radius 2 is 2.08 bits per heavy atom. The molecule has 2 unspecified atom stereocenters. The first-order valence-electron chi connectivity index (χ1n) is 8.59. The molecule has 3 rings (SSSR count). The summed E-state index contributed by atoms with van der Waals surface area (Å²) in [6.07, 6.45) is -2.15. The van der Waals surface area contributed by atoms with Crippen molar-refractivity contribution >= 4 is 10.9 Å². The van der Waals surface area contributed by atoms with Gasteiger partial charge in [0.05, 0.1) is 13.2 Å². The Morgan fingerprint density at radius 3 is 2.77 bits per heavy atom. The van der Waals surface area contributed by atoms with E-state index in [1.807, 2.05) is 6.92 Å². The molecule has 0 radical (unpaired) electrons. The van der Waals surface area contributed by atoms with Gasteiger partial charge in [0.15, 0.2) is 11.5 Å². The van der Waals surface area contributed by atoms with Gasteiger partial charge in [0.2, 0.25) is 0 Å². The maximum atomic E-state index is 10.6. The van der Waals surface area contributed by atoms with Gasteiger partial charge < -0.3 is 35.0 Å². The summed E-state index contributed by atoms with van der Waals surface area (Å²) in [4.78, 5) is 4.03. The molecule has 0 bridgehead atoms. The van der Waals surface area contributed by atoms with E-state index >= 15 is 0 Å². The van der Waals surface area contributed by atoms with E-state index in [4.69, 9.17) is 9.47 Å². The van der Waals surface area contributed by atoms with Crippen molar-refractivity contribution in [3.63, 3.8) is 0 Å². The molecule has 2 aliphatic heterocycles. The minimum atomic E-state index is -1.01. The molecule has 1 aromatic heterocycles. The van der Waals surface area contributed by atoms with Gasteiger partial charge in [0.25, 0.3) is 0 Å². The summed E-state index contributed by atoms with van der Waals surface area (Å²) in [5.74, 6) is 0.540. The fraction of sp³-hybridized carbons (Fsp3) is 0.706. The summed E-state index contributed by atoms with van der Waals surface area (Å²) in [5, 5.41) is 49.6. The average Bonchev–Trinajstić information content (AvgIpc) is 2.89. The number of hydrogen-bond acceptors (Lipinski definition) is 8. The zero-order valence-corrected chi connectivity index (χ0v) is 15.3. The molecule has 0 amide bonds. The van der Waals surface area contributed by atoms with Gasteiger partial charge in [-0.1, -0.05) is 0 Å². The monoisotopic (exact) mass is 388 g/mol. The quantitative estimate of drug-likeness (QED) is 0.375. The molecular formula is C17H26NO7S+. The van der Waals surface area contributed by atoms with E-state index in [9.17, 15) is 25.5 Å². The van der Waals surface area contributed by atoms with Crippen molar-refractivity contribution in [1.29, 1.82) is 0 Å². The lowest BCUT2D eigenvalue weighted by Crippen LogP contribution is -2.50. The normalized spacial score (nSPS) is 39.1. The summed E-state index contributed by atoms with van der Waals surface area (Å²) in [7, 11) is -0.574. The number of rotatable bonds is 5. The van der Waals surface area contributed by atoms with Gasteiger partial charge in [-0.2, -0.15) is 0 Å². The third-order valence-corrected chi connectivity index (χ3v) is 7.75. The first-order valence-corrected chi connectivity index (χ1v) is 10.2. The summed E-state index contributed by atoms with van der Waals surface area (Å²) >= 11 is 0. The number of hydrogen-bond donors (Lipinski definition) is 5. The zero-order chi connectivity index (χ0) is 18.8. The highest BCUT2D eigenvalue weighted by Crippen LogP contribution is 2.31. The summed E-state index contributed by atoms with van der Waals surface area (Å²) in [6, 6.07) is 1.77. The van der Waals surface area contributed by atoms with Crippen molar-refractivity contribution in [2.75, 3.05) is 24.7 Å². The minimum absolute atomic E-state index is 0.0244. The first-order chi connectivity index (χ1) is 12.4. The fourth-order valence-corrected chi connectivity index (χ4v) is 6.10. The number of ether oxygens (including phenoxy) is 2. The molecule has 8 nitrogen and oxygen atoms in total. The number of pyridine rings is 1. The lowest BCUT2D eigenvalue weighted by molar-refractivity contribution is -0.273. The van der Waals surface area contributed by atoms with Crippen LogP contribution < -0.4 is 0 Å². The van der Waals surface area contributed by atoms with E-state index < -0.39 is 53.0 Å². The van der Waals surface area contributed by atoms with E-state index in [0.29, 0.717) is 5.75 Å². The van der Waals surface area contributed by atoms with Crippen molar-refractivity contribution in [2.24, 2.45) is 0 Å².